The summed E-state index contributed by atoms with van der Waals surface area (Å²) in [6, 6.07) is 1.70. The van der Waals surface area contributed by atoms with Crippen LogP contribution in [-0.4, -0.2) is 17.7 Å². The van der Waals surface area contributed by atoms with Gasteiger partial charge in [0.15, 0.2) is 0 Å². The molecule has 84 valence electrons. The van der Waals surface area contributed by atoms with Crippen LogP contribution in [0.2, 0.25) is 0 Å². The highest BCUT2D eigenvalue weighted by Gasteiger charge is 2.13. The molecule has 0 fully saturated rings. The molecule has 0 aliphatic heterocycles. The van der Waals surface area contributed by atoms with Gasteiger partial charge in [-0.3, -0.25) is 0 Å². The molecule has 1 aromatic rings. The quantitative estimate of drug-likeness (QED) is 0.736. The van der Waals surface area contributed by atoms with E-state index in [1.54, 1.807) is 13.0 Å². The predicted octanol–water partition coefficient (Wildman–Crippen LogP) is 2.60. The van der Waals surface area contributed by atoms with Gasteiger partial charge in [0.05, 0.1) is 0 Å². The maximum atomic E-state index is 10.7. The number of carbonyl (C=O) groups is 1. The fourth-order valence-electron chi connectivity index (χ4n) is 1.25. The molecule has 0 aliphatic carbocycles. The maximum Gasteiger partial charge on any atom is 0.372 e. The van der Waals surface area contributed by atoms with Crippen molar-refractivity contribution in [1.29, 1.82) is 0 Å². The zero-order valence-electron chi connectivity index (χ0n) is 9.08. The van der Waals surface area contributed by atoms with E-state index in [2.05, 4.69) is 6.92 Å². The molecule has 0 aliphatic rings. The Kier molecular flexibility index (Phi) is 4.37. The van der Waals surface area contributed by atoms with E-state index in [1.807, 2.05) is 0 Å². The Bertz CT molecular complexity index is 327. The van der Waals surface area contributed by atoms with E-state index in [0.29, 0.717) is 24.5 Å². The van der Waals surface area contributed by atoms with E-state index >= 15 is 0 Å². The normalized spacial score (nSPS) is 10.5. The molecule has 0 saturated carbocycles. The van der Waals surface area contributed by atoms with Gasteiger partial charge in [-0.25, -0.2) is 4.79 Å². The third-order valence-corrected chi connectivity index (χ3v) is 2.05. The minimum absolute atomic E-state index is 0.00379. The first-order valence-corrected chi connectivity index (χ1v) is 5.05. The minimum atomic E-state index is -1.03. The summed E-state index contributed by atoms with van der Waals surface area (Å²) in [6.07, 6.45) is 2.09. The summed E-state index contributed by atoms with van der Waals surface area (Å²) in [5.74, 6) is -0.461. The van der Waals surface area contributed by atoms with Crippen molar-refractivity contribution in [2.24, 2.45) is 0 Å². The average molecular weight is 212 g/mol. The standard InChI is InChI=1S/C11H16O4/c1-3-4-5-14-7-9-6-8(2)10(15-9)11(12)13/h6H,3-5,7H2,1-2H3,(H,12,13). The third-order valence-electron chi connectivity index (χ3n) is 2.05. The lowest BCUT2D eigenvalue weighted by Crippen LogP contribution is -1.95. The predicted molar refractivity (Wildman–Crippen MR) is 55.0 cm³/mol. The second-order valence-electron chi connectivity index (χ2n) is 3.44. The van der Waals surface area contributed by atoms with Crippen molar-refractivity contribution < 1.29 is 19.1 Å². The largest absolute Gasteiger partial charge is 0.475 e. The number of hydrogen-bond donors (Lipinski definition) is 1. The lowest BCUT2D eigenvalue weighted by atomic mass is 10.3. The fourth-order valence-corrected chi connectivity index (χ4v) is 1.25. The van der Waals surface area contributed by atoms with Gasteiger partial charge < -0.3 is 14.3 Å². The number of unbranched alkanes of at least 4 members (excludes halogenated alkanes) is 1. The lowest BCUT2D eigenvalue weighted by molar-refractivity contribution is 0.0645. The van der Waals surface area contributed by atoms with Crippen molar-refractivity contribution in [2.45, 2.75) is 33.3 Å². The highest BCUT2D eigenvalue weighted by atomic mass is 16.5. The Labute approximate surface area is 88.8 Å². The zero-order valence-corrected chi connectivity index (χ0v) is 9.08. The number of carboxylic acid groups (broad SMARTS) is 1. The summed E-state index contributed by atoms with van der Waals surface area (Å²) < 4.78 is 10.5. The van der Waals surface area contributed by atoms with E-state index in [-0.39, 0.29) is 5.76 Å². The van der Waals surface area contributed by atoms with Gasteiger partial charge in [-0.2, -0.15) is 0 Å². The van der Waals surface area contributed by atoms with Gasteiger partial charge in [0, 0.05) is 12.2 Å². The third kappa shape index (κ3) is 3.40. The van der Waals surface area contributed by atoms with Crippen molar-refractivity contribution in [2.75, 3.05) is 6.61 Å². The van der Waals surface area contributed by atoms with Crippen LogP contribution >= 0.6 is 0 Å². The highest BCUT2D eigenvalue weighted by molar-refractivity contribution is 5.86. The van der Waals surface area contributed by atoms with Crippen molar-refractivity contribution in [3.05, 3.63) is 23.2 Å². The van der Waals surface area contributed by atoms with Gasteiger partial charge in [0.1, 0.15) is 12.4 Å². The molecular weight excluding hydrogens is 196 g/mol. The highest BCUT2D eigenvalue weighted by Crippen LogP contribution is 2.15. The van der Waals surface area contributed by atoms with Crippen LogP contribution in [0.1, 0.15) is 41.6 Å². The molecule has 0 aromatic carbocycles. The van der Waals surface area contributed by atoms with Crippen LogP contribution in [0, 0.1) is 6.92 Å². The van der Waals surface area contributed by atoms with Gasteiger partial charge in [-0.15, -0.1) is 0 Å². The minimum Gasteiger partial charge on any atom is -0.475 e. The first-order valence-electron chi connectivity index (χ1n) is 5.05. The molecule has 4 heteroatoms. The number of ether oxygens (including phenoxy) is 1. The summed E-state index contributed by atoms with van der Waals surface area (Å²) in [4.78, 5) is 10.7. The van der Waals surface area contributed by atoms with Crippen LogP contribution in [0.3, 0.4) is 0 Å². The summed E-state index contributed by atoms with van der Waals surface area (Å²) in [7, 11) is 0. The molecule has 0 amide bonds. The molecule has 1 heterocycles. The Hall–Kier alpha value is -1.29. The first-order chi connectivity index (χ1) is 7.15. The van der Waals surface area contributed by atoms with Crippen molar-refractivity contribution >= 4 is 5.97 Å². The van der Waals surface area contributed by atoms with Gasteiger partial charge in [0.25, 0.3) is 0 Å². The molecule has 15 heavy (non-hydrogen) atoms. The van der Waals surface area contributed by atoms with Crippen molar-refractivity contribution in [3.63, 3.8) is 0 Å². The SMILES string of the molecule is CCCCOCc1cc(C)c(C(=O)O)o1. The Morgan fingerprint density at radius 2 is 2.33 bits per heavy atom. The molecule has 4 nitrogen and oxygen atoms in total. The second kappa shape index (κ2) is 5.56. The van der Waals surface area contributed by atoms with E-state index < -0.39 is 5.97 Å². The van der Waals surface area contributed by atoms with Crippen LogP contribution in [0.5, 0.6) is 0 Å². The molecule has 0 unspecified atom stereocenters. The van der Waals surface area contributed by atoms with Gasteiger partial charge >= 0.3 is 5.97 Å². The van der Waals surface area contributed by atoms with Crippen LogP contribution in [0.4, 0.5) is 0 Å². The van der Waals surface area contributed by atoms with E-state index in [4.69, 9.17) is 14.3 Å². The van der Waals surface area contributed by atoms with E-state index in [1.165, 1.54) is 0 Å². The van der Waals surface area contributed by atoms with Gasteiger partial charge in [0.2, 0.25) is 5.76 Å². The molecule has 1 N–H and O–H groups in total. The fraction of sp³-hybridized carbons (Fsp3) is 0.545. The molecule has 0 spiro atoms. The Balaban J connectivity index is 2.48. The van der Waals surface area contributed by atoms with Crippen molar-refractivity contribution in [3.8, 4) is 0 Å². The lowest BCUT2D eigenvalue weighted by Gasteiger charge is -1.99. The summed E-state index contributed by atoms with van der Waals surface area (Å²) in [5, 5.41) is 8.75. The Morgan fingerprint density at radius 1 is 1.60 bits per heavy atom. The van der Waals surface area contributed by atoms with E-state index in [9.17, 15) is 4.79 Å². The average Bonchev–Trinajstić information content (AvgIpc) is 2.55. The van der Waals surface area contributed by atoms with Gasteiger partial charge in [-0.1, -0.05) is 13.3 Å². The number of carboxylic acids is 1. The number of aryl methyl sites for hydroxylation is 1. The summed E-state index contributed by atoms with van der Waals surface area (Å²) >= 11 is 0. The molecule has 1 rings (SSSR count). The number of furan rings is 1. The van der Waals surface area contributed by atoms with Crippen LogP contribution in [-0.2, 0) is 11.3 Å². The number of hydrogen-bond acceptors (Lipinski definition) is 3. The van der Waals surface area contributed by atoms with Crippen LogP contribution < -0.4 is 0 Å². The zero-order chi connectivity index (χ0) is 11.3. The Morgan fingerprint density at radius 3 is 2.87 bits per heavy atom. The first kappa shape index (κ1) is 11.8. The monoisotopic (exact) mass is 212 g/mol. The van der Waals surface area contributed by atoms with Crippen LogP contribution in [0.15, 0.2) is 10.5 Å². The molecule has 1 aromatic heterocycles. The topological polar surface area (TPSA) is 59.7 Å². The smallest absolute Gasteiger partial charge is 0.372 e. The number of rotatable bonds is 6. The van der Waals surface area contributed by atoms with Gasteiger partial charge in [-0.05, 0) is 19.4 Å². The molecule has 0 atom stereocenters. The molecular formula is C11H16O4. The van der Waals surface area contributed by atoms with E-state index in [0.717, 1.165) is 12.8 Å². The second-order valence-corrected chi connectivity index (χ2v) is 3.44. The van der Waals surface area contributed by atoms with Crippen LogP contribution in [0.25, 0.3) is 0 Å². The summed E-state index contributed by atoms with van der Waals surface area (Å²) in [6.45, 7) is 4.82. The molecule has 0 saturated heterocycles. The summed E-state index contributed by atoms with van der Waals surface area (Å²) in [5.41, 5.74) is 0.636. The molecule has 0 bridgehead atoms. The maximum absolute atomic E-state index is 10.7. The molecule has 0 radical (unpaired) electrons. The number of aromatic carboxylic acids is 1. The van der Waals surface area contributed by atoms with Crippen molar-refractivity contribution in [1.82, 2.24) is 0 Å².